The van der Waals surface area contributed by atoms with E-state index >= 15 is 0 Å². The summed E-state index contributed by atoms with van der Waals surface area (Å²) in [7, 11) is 0. The number of amides is 1. The first kappa shape index (κ1) is 19.5. The van der Waals surface area contributed by atoms with E-state index in [2.05, 4.69) is 25.1 Å². The van der Waals surface area contributed by atoms with Crippen molar-refractivity contribution in [2.75, 3.05) is 13.2 Å². The third-order valence-corrected chi connectivity index (χ3v) is 5.44. The Morgan fingerprint density at radius 3 is 2.79 bits per heavy atom. The largest absolute Gasteiger partial charge is 0.484 e. The number of benzene rings is 2. The Balaban J connectivity index is 1.40. The molecule has 0 aliphatic carbocycles. The predicted molar refractivity (Wildman–Crippen MR) is 112 cm³/mol. The number of hydrogen-bond donors (Lipinski definition) is 0. The highest BCUT2D eigenvalue weighted by atomic mass is 35.5. The van der Waals surface area contributed by atoms with Crippen molar-refractivity contribution in [2.45, 2.75) is 32.7 Å². The van der Waals surface area contributed by atoms with Crippen molar-refractivity contribution in [3.63, 3.8) is 0 Å². The maximum atomic E-state index is 12.6. The quantitative estimate of drug-likeness (QED) is 0.588. The molecule has 0 fully saturated rings. The van der Waals surface area contributed by atoms with Crippen LogP contribution >= 0.6 is 11.6 Å². The molecule has 6 heteroatoms. The number of hydrogen-bond acceptors (Lipinski definition) is 4. The lowest BCUT2D eigenvalue weighted by Gasteiger charge is -2.26. The zero-order chi connectivity index (χ0) is 20.4. The normalized spacial score (nSPS) is 13.4. The SMILES string of the molecule is CC(C)c1cccc(OCC(=O)N2CCc3c(noc3-c3ccc(Cl)cc3)C2)c1. The third kappa shape index (κ3) is 4.30. The van der Waals surface area contributed by atoms with Crippen LogP contribution in [-0.2, 0) is 17.8 Å². The van der Waals surface area contributed by atoms with Crippen molar-refractivity contribution in [1.82, 2.24) is 10.1 Å². The van der Waals surface area contributed by atoms with Crippen molar-refractivity contribution < 1.29 is 14.1 Å². The van der Waals surface area contributed by atoms with E-state index in [1.807, 2.05) is 42.5 Å². The lowest BCUT2D eigenvalue weighted by atomic mass is 10.0. The first-order valence-corrected chi connectivity index (χ1v) is 10.1. The van der Waals surface area contributed by atoms with Crippen LogP contribution in [0, 0.1) is 0 Å². The number of carbonyl (C=O) groups is 1. The molecule has 29 heavy (non-hydrogen) atoms. The van der Waals surface area contributed by atoms with Gasteiger partial charge in [-0.25, -0.2) is 0 Å². The van der Waals surface area contributed by atoms with Crippen molar-refractivity contribution in [2.24, 2.45) is 0 Å². The van der Waals surface area contributed by atoms with E-state index in [4.69, 9.17) is 20.9 Å². The number of fused-ring (bicyclic) bond motifs is 1. The van der Waals surface area contributed by atoms with Crippen LogP contribution in [0.2, 0.25) is 5.02 Å². The van der Waals surface area contributed by atoms with Gasteiger partial charge in [-0.1, -0.05) is 42.7 Å². The maximum absolute atomic E-state index is 12.6. The van der Waals surface area contributed by atoms with Crippen molar-refractivity contribution >= 4 is 17.5 Å². The van der Waals surface area contributed by atoms with Gasteiger partial charge in [0.05, 0.1) is 6.54 Å². The van der Waals surface area contributed by atoms with Gasteiger partial charge < -0.3 is 14.2 Å². The molecule has 0 N–H and O–H groups in total. The molecular formula is C23H23ClN2O3. The van der Waals surface area contributed by atoms with E-state index in [-0.39, 0.29) is 12.5 Å². The van der Waals surface area contributed by atoms with Crippen LogP contribution in [0.25, 0.3) is 11.3 Å². The number of nitrogens with zero attached hydrogens (tertiary/aromatic N) is 2. The van der Waals surface area contributed by atoms with Crippen LogP contribution in [0.5, 0.6) is 5.75 Å². The highest BCUT2D eigenvalue weighted by molar-refractivity contribution is 6.30. The molecule has 0 radical (unpaired) electrons. The molecule has 4 rings (SSSR count). The molecule has 0 saturated heterocycles. The fourth-order valence-corrected chi connectivity index (χ4v) is 3.60. The second-order valence-corrected chi connectivity index (χ2v) is 7.96. The second kappa shape index (κ2) is 8.29. The monoisotopic (exact) mass is 410 g/mol. The second-order valence-electron chi connectivity index (χ2n) is 7.52. The molecule has 0 spiro atoms. The number of carbonyl (C=O) groups excluding carboxylic acids is 1. The molecule has 1 aromatic heterocycles. The van der Waals surface area contributed by atoms with E-state index in [1.165, 1.54) is 5.56 Å². The highest BCUT2D eigenvalue weighted by Gasteiger charge is 2.27. The Morgan fingerprint density at radius 1 is 1.24 bits per heavy atom. The summed E-state index contributed by atoms with van der Waals surface area (Å²) >= 11 is 5.97. The summed E-state index contributed by atoms with van der Waals surface area (Å²) in [6.45, 7) is 5.32. The molecule has 0 bridgehead atoms. The number of ether oxygens (including phenoxy) is 1. The zero-order valence-corrected chi connectivity index (χ0v) is 17.3. The standard InChI is InChI=1S/C23H23ClN2O3/c1-15(2)17-4-3-5-19(12-17)28-14-22(27)26-11-10-20-21(13-26)25-29-23(20)16-6-8-18(24)9-7-16/h3-9,12,15H,10-11,13-14H2,1-2H3. The zero-order valence-electron chi connectivity index (χ0n) is 16.5. The van der Waals surface area contributed by atoms with Crippen LogP contribution in [0.15, 0.2) is 53.1 Å². The molecule has 1 aliphatic heterocycles. The molecule has 1 aliphatic rings. The molecule has 1 amide bonds. The Morgan fingerprint density at radius 2 is 2.03 bits per heavy atom. The first-order chi connectivity index (χ1) is 14.0. The Bertz CT molecular complexity index is 1010. The average molecular weight is 411 g/mol. The fraction of sp³-hybridized carbons (Fsp3) is 0.304. The highest BCUT2D eigenvalue weighted by Crippen LogP contribution is 2.31. The molecule has 3 aromatic rings. The van der Waals surface area contributed by atoms with Gasteiger partial charge in [-0.15, -0.1) is 0 Å². The molecule has 2 heterocycles. The number of rotatable bonds is 5. The lowest BCUT2D eigenvalue weighted by Crippen LogP contribution is -2.38. The number of halogens is 1. The van der Waals surface area contributed by atoms with Gasteiger partial charge in [0.15, 0.2) is 12.4 Å². The Hall–Kier alpha value is -2.79. The third-order valence-electron chi connectivity index (χ3n) is 5.19. The average Bonchev–Trinajstić information content (AvgIpc) is 3.16. The van der Waals surface area contributed by atoms with Gasteiger partial charge in [-0.05, 0) is 54.3 Å². The van der Waals surface area contributed by atoms with Crippen molar-refractivity contribution in [1.29, 1.82) is 0 Å². The van der Waals surface area contributed by atoms with Gasteiger partial charge in [0.2, 0.25) is 0 Å². The minimum atomic E-state index is -0.0540. The van der Waals surface area contributed by atoms with Gasteiger partial charge in [0.25, 0.3) is 5.91 Å². The summed E-state index contributed by atoms with van der Waals surface area (Å²) in [5.41, 5.74) is 3.99. The van der Waals surface area contributed by atoms with Crippen LogP contribution < -0.4 is 4.74 Å². The van der Waals surface area contributed by atoms with Crippen LogP contribution in [-0.4, -0.2) is 29.1 Å². The van der Waals surface area contributed by atoms with E-state index < -0.39 is 0 Å². The predicted octanol–water partition coefficient (Wildman–Crippen LogP) is 5.08. The molecule has 150 valence electrons. The minimum absolute atomic E-state index is 0.0127. The van der Waals surface area contributed by atoms with Crippen molar-refractivity contribution in [3.8, 4) is 17.1 Å². The topological polar surface area (TPSA) is 55.6 Å². The van der Waals surface area contributed by atoms with Gasteiger partial charge in [-0.2, -0.15) is 0 Å². The molecule has 5 nitrogen and oxygen atoms in total. The van der Waals surface area contributed by atoms with E-state index in [1.54, 1.807) is 4.90 Å². The summed E-state index contributed by atoms with van der Waals surface area (Å²) in [6.07, 6.45) is 0.700. The number of aromatic nitrogens is 1. The molecule has 2 aromatic carbocycles. The van der Waals surface area contributed by atoms with Crippen LogP contribution in [0.1, 0.15) is 36.6 Å². The molecule has 0 saturated carbocycles. The van der Waals surface area contributed by atoms with Crippen LogP contribution in [0.3, 0.4) is 0 Å². The summed E-state index contributed by atoms with van der Waals surface area (Å²) in [4.78, 5) is 14.4. The summed E-state index contributed by atoms with van der Waals surface area (Å²) in [6, 6.07) is 15.4. The van der Waals surface area contributed by atoms with Gasteiger partial charge >= 0.3 is 0 Å². The van der Waals surface area contributed by atoms with Gasteiger partial charge in [0, 0.05) is 22.7 Å². The summed E-state index contributed by atoms with van der Waals surface area (Å²) in [5.74, 6) is 1.83. The molecule has 0 atom stereocenters. The Labute approximate surface area is 175 Å². The molecular weight excluding hydrogens is 388 g/mol. The minimum Gasteiger partial charge on any atom is -0.484 e. The molecule has 0 unspecified atom stereocenters. The van der Waals surface area contributed by atoms with Gasteiger partial charge in [0.1, 0.15) is 11.4 Å². The van der Waals surface area contributed by atoms with E-state index in [9.17, 15) is 4.79 Å². The Kier molecular flexibility index (Phi) is 5.58. The fourth-order valence-electron chi connectivity index (χ4n) is 3.47. The lowest BCUT2D eigenvalue weighted by molar-refractivity contribution is -0.134. The smallest absolute Gasteiger partial charge is 0.260 e. The van der Waals surface area contributed by atoms with E-state index in [0.29, 0.717) is 36.2 Å². The van der Waals surface area contributed by atoms with Gasteiger partial charge in [-0.3, -0.25) is 4.79 Å². The summed E-state index contributed by atoms with van der Waals surface area (Å²) < 4.78 is 11.3. The maximum Gasteiger partial charge on any atom is 0.260 e. The van der Waals surface area contributed by atoms with E-state index in [0.717, 1.165) is 22.6 Å². The van der Waals surface area contributed by atoms with Crippen LogP contribution in [0.4, 0.5) is 0 Å². The van der Waals surface area contributed by atoms with Crippen molar-refractivity contribution in [3.05, 3.63) is 70.4 Å². The first-order valence-electron chi connectivity index (χ1n) is 9.75. The summed E-state index contributed by atoms with van der Waals surface area (Å²) in [5, 5.41) is 4.87.